The SMILES string of the molecule is CC(C)(C)c1ccc(C[C@H](Cc2ccc(C(=O)NCCC(=O)O)cc2)C(=O)c2cc3cc(Cl)ccc3[nH]2)cc1. The van der Waals surface area contributed by atoms with Gasteiger partial charge in [0, 0.05) is 34.0 Å². The van der Waals surface area contributed by atoms with Crippen molar-refractivity contribution in [2.24, 2.45) is 5.92 Å². The van der Waals surface area contributed by atoms with E-state index in [0.29, 0.717) is 29.1 Å². The van der Waals surface area contributed by atoms with Crippen LogP contribution in [0.3, 0.4) is 0 Å². The maximum atomic E-state index is 13.8. The quantitative estimate of drug-likeness (QED) is 0.196. The van der Waals surface area contributed by atoms with Gasteiger partial charge >= 0.3 is 5.97 Å². The van der Waals surface area contributed by atoms with Gasteiger partial charge in [-0.2, -0.15) is 0 Å². The number of hydrogen-bond donors (Lipinski definition) is 3. The van der Waals surface area contributed by atoms with E-state index in [9.17, 15) is 14.4 Å². The summed E-state index contributed by atoms with van der Waals surface area (Å²) in [5.41, 5.74) is 5.13. The summed E-state index contributed by atoms with van der Waals surface area (Å²) < 4.78 is 0. The van der Waals surface area contributed by atoms with E-state index in [-0.39, 0.29) is 36.0 Å². The first-order valence-corrected chi connectivity index (χ1v) is 13.4. The second-order valence-corrected chi connectivity index (χ2v) is 11.4. The molecule has 3 aromatic carbocycles. The normalized spacial score (nSPS) is 12.3. The van der Waals surface area contributed by atoms with Crippen LogP contribution in [0.4, 0.5) is 0 Å². The monoisotopic (exact) mass is 544 g/mol. The van der Waals surface area contributed by atoms with Crippen LogP contribution in [0.5, 0.6) is 0 Å². The molecule has 202 valence electrons. The van der Waals surface area contributed by atoms with Crippen molar-refractivity contribution in [1.29, 1.82) is 0 Å². The summed E-state index contributed by atoms with van der Waals surface area (Å²) in [6, 6.07) is 22.9. The van der Waals surface area contributed by atoms with E-state index in [4.69, 9.17) is 16.7 Å². The lowest BCUT2D eigenvalue weighted by atomic mass is 9.84. The number of rotatable bonds is 10. The van der Waals surface area contributed by atoms with E-state index in [1.807, 2.05) is 30.3 Å². The summed E-state index contributed by atoms with van der Waals surface area (Å²) in [6.07, 6.45) is 0.929. The number of nitrogens with one attached hydrogen (secondary N) is 2. The number of aromatic nitrogens is 1. The van der Waals surface area contributed by atoms with Crippen LogP contribution in [0.15, 0.2) is 72.8 Å². The van der Waals surface area contributed by atoms with Crippen LogP contribution >= 0.6 is 11.6 Å². The van der Waals surface area contributed by atoms with Gasteiger partial charge in [-0.05, 0) is 71.3 Å². The smallest absolute Gasteiger partial charge is 0.305 e. The summed E-state index contributed by atoms with van der Waals surface area (Å²) >= 11 is 6.15. The maximum absolute atomic E-state index is 13.8. The Morgan fingerprint density at radius 1 is 0.897 bits per heavy atom. The fourth-order valence-electron chi connectivity index (χ4n) is 4.60. The van der Waals surface area contributed by atoms with E-state index < -0.39 is 5.97 Å². The van der Waals surface area contributed by atoms with Crippen molar-refractivity contribution < 1.29 is 19.5 Å². The molecule has 6 nitrogen and oxygen atoms in total. The van der Waals surface area contributed by atoms with E-state index in [1.54, 1.807) is 18.2 Å². The number of carboxylic acids is 1. The number of Topliss-reactive ketones (excluding diaryl/α,β-unsaturated/α-hetero) is 1. The lowest BCUT2D eigenvalue weighted by molar-refractivity contribution is -0.136. The molecule has 1 amide bonds. The Balaban J connectivity index is 1.56. The van der Waals surface area contributed by atoms with Crippen molar-refractivity contribution in [1.82, 2.24) is 10.3 Å². The zero-order chi connectivity index (χ0) is 28.2. The van der Waals surface area contributed by atoms with E-state index in [1.165, 1.54) is 5.56 Å². The molecular weight excluding hydrogens is 512 g/mol. The minimum Gasteiger partial charge on any atom is -0.481 e. The van der Waals surface area contributed by atoms with E-state index in [2.05, 4.69) is 55.3 Å². The van der Waals surface area contributed by atoms with Crippen LogP contribution in [-0.2, 0) is 23.1 Å². The number of aliphatic carboxylic acids is 1. The fraction of sp³-hybridized carbons (Fsp3) is 0.281. The Bertz CT molecular complexity index is 1480. The number of fused-ring (bicyclic) bond motifs is 1. The van der Waals surface area contributed by atoms with E-state index in [0.717, 1.165) is 22.0 Å². The molecule has 1 aromatic heterocycles. The molecular formula is C32H33ClN2O4. The highest BCUT2D eigenvalue weighted by Crippen LogP contribution is 2.26. The number of aromatic amines is 1. The van der Waals surface area contributed by atoms with Gasteiger partial charge in [0.1, 0.15) is 0 Å². The number of H-pyrrole nitrogens is 1. The topological polar surface area (TPSA) is 99.3 Å². The van der Waals surface area contributed by atoms with Crippen molar-refractivity contribution in [3.8, 4) is 0 Å². The molecule has 1 heterocycles. The van der Waals surface area contributed by atoms with Gasteiger partial charge in [0.25, 0.3) is 5.91 Å². The fourth-order valence-corrected chi connectivity index (χ4v) is 4.78. The molecule has 39 heavy (non-hydrogen) atoms. The lowest BCUT2D eigenvalue weighted by Gasteiger charge is -2.20. The Kier molecular flexibility index (Phi) is 8.56. The maximum Gasteiger partial charge on any atom is 0.305 e. The molecule has 0 spiro atoms. The molecule has 0 saturated heterocycles. The highest BCUT2D eigenvalue weighted by molar-refractivity contribution is 6.31. The first kappa shape index (κ1) is 28.1. The Morgan fingerprint density at radius 2 is 1.51 bits per heavy atom. The first-order chi connectivity index (χ1) is 18.5. The summed E-state index contributed by atoms with van der Waals surface area (Å²) in [6.45, 7) is 6.59. The first-order valence-electron chi connectivity index (χ1n) is 13.0. The lowest BCUT2D eigenvalue weighted by Crippen LogP contribution is -2.26. The highest BCUT2D eigenvalue weighted by atomic mass is 35.5. The molecule has 0 unspecified atom stereocenters. The standard InChI is InChI=1S/C32H33ClN2O4/c1-32(2,3)25-10-6-21(7-11-25)17-24(30(38)28-19-23-18-26(33)12-13-27(23)35-28)16-20-4-8-22(9-5-20)31(39)34-15-14-29(36)37/h4-13,18-19,24,35H,14-17H2,1-3H3,(H,34,39)(H,36,37)/t24-/m0/s1. The molecule has 0 saturated carbocycles. The molecule has 0 aliphatic carbocycles. The summed E-state index contributed by atoms with van der Waals surface area (Å²) in [5.74, 6) is -1.61. The highest BCUT2D eigenvalue weighted by Gasteiger charge is 2.24. The second-order valence-electron chi connectivity index (χ2n) is 10.9. The summed E-state index contributed by atoms with van der Waals surface area (Å²) in [5, 5.41) is 12.9. The Hall–Kier alpha value is -3.90. The zero-order valence-electron chi connectivity index (χ0n) is 22.4. The summed E-state index contributed by atoms with van der Waals surface area (Å²) in [7, 11) is 0. The van der Waals surface area contributed by atoms with Crippen molar-refractivity contribution >= 4 is 40.2 Å². The molecule has 0 fully saturated rings. The minimum absolute atomic E-state index is 0.0118. The van der Waals surface area contributed by atoms with Crippen LogP contribution in [0, 0.1) is 5.92 Å². The third-order valence-corrected chi connectivity index (χ3v) is 7.08. The summed E-state index contributed by atoms with van der Waals surface area (Å²) in [4.78, 5) is 40.1. The predicted molar refractivity (Wildman–Crippen MR) is 155 cm³/mol. The number of ketones is 1. The molecule has 0 bridgehead atoms. The van der Waals surface area contributed by atoms with Gasteiger partial charge in [0.05, 0.1) is 12.1 Å². The molecule has 3 N–H and O–H groups in total. The largest absolute Gasteiger partial charge is 0.481 e. The minimum atomic E-state index is -0.965. The van der Waals surface area contributed by atoms with Crippen molar-refractivity contribution in [3.63, 3.8) is 0 Å². The second kappa shape index (κ2) is 11.9. The van der Waals surface area contributed by atoms with Gasteiger partial charge in [0.15, 0.2) is 5.78 Å². The van der Waals surface area contributed by atoms with Gasteiger partial charge in [-0.3, -0.25) is 14.4 Å². The Morgan fingerprint density at radius 3 is 2.10 bits per heavy atom. The van der Waals surface area contributed by atoms with E-state index >= 15 is 0 Å². The average Bonchev–Trinajstić information content (AvgIpc) is 3.31. The van der Waals surface area contributed by atoms with Crippen LogP contribution in [-0.4, -0.2) is 34.3 Å². The Labute approximate surface area is 233 Å². The molecule has 0 aliphatic heterocycles. The molecule has 4 rings (SSSR count). The number of carbonyl (C=O) groups is 3. The average molecular weight is 545 g/mol. The van der Waals surface area contributed by atoms with Crippen LogP contribution in [0.2, 0.25) is 5.02 Å². The number of carbonyl (C=O) groups excluding carboxylic acids is 2. The number of hydrogen-bond acceptors (Lipinski definition) is 3. The van der Waals surface area contributed by atoms with Crippen molar-refractivity contribution in [2.75, 3.05) is 6.54 Å². The molecule has 0 radical (unpaired) electrons. The van der Waals surface area contributed by atoms with Crippen molar-refractivity contribution in [3.05, 3.63) is 106 Å². The van der Waals surface area contributed by atoms with Gasteiger partial charge in [-0.15, -0.1) is 0 Å². The molecule has 1 atom stereocenters. The molecule has 4 aromatic rings. The van der Waals surface area contributed by atoms with Crippen LogP contribution < -0.4 is 5.32 Å². The molecule has 7 heteroatoms. The van der Waals surface area contributed by atoms with Gasteiger partial charge in [-0.1, -0.05) is 68.8 Å². The third-order valence-electron chi connectivity index (χ3n) is 6.84. The molecule has 0 aliphatic rings. The van der Waals surface area contributed by atoms with Crippen LogP contribution in [0.1, 0.15) is 64.7 Å². The number of halogens is 1. The zero-order valence-corrected chi connectivity index (χ0v) is 23.1. The third kappa shape index (κ3) is 7.36. The number of amides is 1. The van der Waals surface area contributed by atoms with Crippen molar-refractivity contribution in [2.45, 2.75) is 45.4 Å². The number of carboxylic acid groups (broad SMARTS) is 1. The predicted octanol–water partition coefficient (Wildman–Crippen LogP) is 6.61. The van der Waals surface area contributed by atoms with Crippen LogP contribution in [0.25, 0.3) is 10.9 Å². The van der Waals surface area contributed by atoms with Gasteiger partial charge < -0.3 is 15.4 Å². The van der Waals surface area contributed by atoms with Gasteiger partial charge in [0.2, 0.25) is 0 Å². The number of benzene rings is 3. The van der Waals surface area contributed by atoms with Gasteiger partial charge in [-0.25, -0.2) is 0 Å².